The van der Waals surface area contributed by atoms with Gasteiger partial charge in [-0.3, -0.25) is 0 Å². The van der Waals surface area contributed by atoms with Gasteiger partial charge in [0.1, 0.15) is 18.2 Å². The molecular weight excluding hydrogens is 256 g/mol. The molecule has 1 fully saturated rings. The molecule has 1 unspecified atom stereocenters. The maximum atomic E-state index is 5.87. The maximum Gasteiger partial charge on any atom is 0.158 e. The number of piperidine rings is 1. The summed E-state index contributed by atoms with van der Waals surface area (Å²) in [6.07, 6.45) is 2.14. The topological polar surface area (TPSA) is 73.5 Å². The Kier molecular flexibility index (Phi) is 4.77. The van der Waals surface area contributed by atoms with Gasteiger partial charge in [-0.15, -0.1) is 0 Å². The molecule has 1 aromatic rings. The summed E-state index contributed by atoms with van der Waals surface area (Å²) in [5.41, 5.74) is 5.75. The minimum atomic E-state index is -0.127. The van der Waals surface area contributed by atoms with E-state index in [1.807, 2.05) is 13.0 Å². The fourth-order valence-corrected chi connectivity index (χ4v) is 2.49. The minimum absolute atomic E-state index is 0.127. The molecule has 1 aliphatic heterocycles. The molecule has 20 heavy (non-hydrogen) atoms. The summed E-state index contributed by atoms with van der Waals surface area (Å²) >= 11 is 0. The summed E-state index contributed by atoms with van der Waals surface area (Å²) < 4.78 is 11.0. The Morgan fingerprint density at radius 1 is 1.45 bits per heavy atom. The third-order valence-corrected chi connectivity index (χ3v) is 3.69. The number of nitrogens with zero attached hydrogens (tertiary/aromatic N) is 3. The highest BCUT2D eigenvalue weighted by atomic mass is 16.5. The molecule has 1 atom stereocenters. The van der Waals surface area contributed by atoms with Crippen LogP contribution in [0.25, 0.3) is 0 Å². The van der Waals surface area contributed by atoms with E-state index in [2.05, 4.69) is 21.8 Å². The van der Waals surface area contributed by atoms with E-state index in [1.54, 1.807) is 7.11 Å². The van der Waals surface area contributed by atoms with Crippen LogP contribution in [0.15, 0.2) is 6.07 Å². The highest BCUT2D eigenvalue weighted by molar-refractivity contribution is 5.47. The molecule has 0 aromatic carbocycles. The molecule has 1 aliphatic rings. The minimum Gasteiger partial charge on any atom is -0.384 e. The van der Waals surface area contributed by atoms with Gasteiger partial charge in [0.2, 0.25) is 0 Å². The zero-order valence-corrected chi connectivity index (χ0v) is 12.6. The monoisotopic (exact) mass is 280 g/mol. The van der Waals surface area contributed by atoms with E-state index in [0.29, 0.717) is 24.9 Å². The van der Waals surface area contributed by atoms with Crippen LogP contribution < -0.4 is 10.6 Å². The molecule has 2 N–H and O–H groups in total. The average Bonchev–Trinajstić information content (AvgIpc) is 2.44. The molecule has 0 radical (unpaired) electrons. The molecule has 2 heterocycles. The summed E-state index contributed by atoms with van der Waals surface area (Å²) in [5.74, 6) is 1.97. The van der Waals surface area contributed by atoms with Gasteiger partial charge in [0.15, 0.2) is 5.82 Å². The average molecular weight is 280 g/mol. The van der Waals surface area contributed by atoms with Crippen molar-refractivity contribution in [1.29, 1.82) is 0 Å². The lowest BCUT2D eigenvalue weighted by Crippen LogP contribution is -2.47. The lowest BCUT2D eigenvalue weighted by atomic mass is 9.95. The van der Waals surface area contributed by atoms with Crippen LogP contribution in [0.1, 0.15) is 32.5 Å². The van der Waals surface area contributed by atoms with Gasteiger partial charge in [-0.25, -0.2) is 9.97 Å². The Balaban J connectivity index is 2.16. The highest BCUT2D eigenvalue weighted by Crippen LogP contribution is 2.27. The Bertz CT molecular complexity index is 455. The van der Waals surface area contributed by atoms with E-state index >= 15 is 0 Å². The van der Waals surface area contributed by atoms with Crippen molar-refractivity contribution >= 4 is 11.6 Å². The van der Waals surface area contributed by atoms with Crippen molar-refractivity contribution in [2.24, 2.45) is 0 Å². The van der Waals surface area contributed by atoms with Crippen LogP contribution >= 0.6 is 0 Å². The number of aromatic nitrogens is 2. The Morgan fingerprint density at radius 2 is 2.25 bits per heavy atom. The molecule has 0 amide bonds. The summed E-state index contributed by atoms with van der Waals surface area (Å²) in [6, 6.07) is 1.82. The van der Waals surface area contributed by atoms with Crippen LogP contribution in [-0.2, 0) is 16.1 Å². The molecule has 0 aliphatic carbocycles. The zero-order valence-electron chi connectivity index (χ0n) is 12.6. The van der Waals surface area contributed by atoms with Gasteiger partial charge < -0.3 is 20.1 Å². The number of nitrogen functional groups attached to an aromatic ring is 1. The molecule has 0 bridgehead atoms. The van der Waals surface area contributed by atoms with Crippen LogP contribution in [-0.4, -0.2) is 42.4 Å². The number of ether oxygens (including phenoxy) is 2. The lowest BCUT2D eigenvalue weighted by molar-refractivity contribution is -0.00483. The molecule has 0 spiro atoms. The van der Waals surface area contributed by atoms with Crippen molar-refractivity contribution < 1.29 is 9.47 Å². The first kappa shape index (κ1) is 15.0. The van der Waals surface area contributed by atoms with Crippen molar-refractivity contribution in [3.63, 3.8) is 0 Å². The van der Waals surface area contributed by atoms with Crippen LogP contribution in [0.4, 0.5) is 11.6 Å². The molecule has 2 rings (SSSR count). The van der Waals surface area contributed by atoms with Crippen molar-refractivity contribution in [3.8, 4) is 0 Å². The third kappa shape index (κ3) is 3.58. The Hall–Kier alpha value is -1.40. The van der Waals surface area contributed by atoms with Crippen LogP contribution in [0.3, 0.4) is 0 Å². The lowest BCUT2D eigenvalue weighted by Gasteiger charge is -2.40. The maximum absolute atomic E-state index is 5.87. The molecule has 6 nitrogen and oxygen atoms in total. The number of hydrogen-bond donors (Lipinski definition) is 1. The fourth-order valence-electron chi connectivity index (χ4n) is 2.49. The van der Waals surface area contributed by atoms with E-state index in [1.165, 1.54) is 0 Å². The van der Waals surface area contributed by atoms with Crippen LogP contribution in [0.2, 0.25) is 0 Å². The van der Waals surface area contributed by atoms with E-state index in [-0.39, 0.29) is 5.60 Å². The third-order valence-electron chi connectivity index (χ3n) is 3.69. The van der Waals surface area contributed by atoms with Crippen LogP contribution in [0.5, 0.6) is 0 Å². The molecule has 6 heteroatoms. The van der Waals surface area contributed by atoms with E-state index < -0.39 is 0 Å². The molecular formula is C14H24N4O2. The first-order valence-corrected chi connectivity index (χ1v) is 7.07. The van der Waals surface area contributed by atoms with Gasteiger partial charge >= 0.3 is 0 Å². The van der Waals surface area contributed by atoms with E-state index in [9.17, 15) is 0 Å². The van der Waals surface area contributed by atoms with Crippen LogP contribution in [0, 0.1) is 0 Å². The highest BCUT2D eigenvalue weighted by Gasteiger charge is 2.31. The first-order valence-electron chi connectivity index (χ1n) is 7.07. The van der Waals surface area contributed by atoms with E-state index in [4.69, 9.17) is 15.2 Å². The zero-order chi connectivity index (χ0) is 14.6. The molecule has 112 valence electrons. The smallest absolute Gasteiger partial charge is 0.158 e. The number of anilines is 2. The summed E-state index contributed by atoms with van der Waals surface area (Å²) in [4.78, 5) is 11.0. The first-order chi connectivity index (χ1) is 9.56. The summed E-state index contributed by atoms with van der Waals surface area (Å²) in [6.45, 7) is 6.88. The van der Waals surface area contributed by atoms with Gasteiger partial charge in [-0.2, -0.15) is 0 Å². The van der Waals surface area contributed by atoms with Crippen molar-refractivity contribution in [3.05, 3.63) is 11.9 Å². The van der Waals surface area contributed by atoms with Gasteiger partial charge in [-0.1, -0.05) is 0 Å². The number of hydrogen-bond acceptors (Lipinski definition) is 6. The Labute approximate surface area is 120 Å². The number of methoxy groups -OCH3 is 1. The fraction of sp³-hybridized carbons (Fsp3) is 0.714. The Morgan fingerprint density at radius 3 is 2.95 bits per heavy atom. The molecule has 1 saturated heterocycles. The van der Waals surface area contributed by atoms with Gasteiger partial charge in [0.05, 0.1) is 5.60 Å². The summed E-state index contributed by atoms with van der Waals surface area (Å²) in [5, 5.41) is 0. The predicted molar refractivity (Wildman–Crippen MR) is 78.6 cm³/mol. The van der Waals surface area contributed by atoms with Gasteiger partial charge in [0, 0.05) is 32.9 Å². The second-order valence-electron chi connectivity index (χ2n) is 5.38. The SMILES string of the molecule is CCOCc1nc(N)cc(N2CCCC(C)(OC)C2)n1. The van der Waals surface area contributed by atoms with E-state index in [0.717, 1.165) is 31.7 Å². The normalized spacial score (nSPS) is 23.1. The second-order valence-corrected chi connectivity index (χ2v) is 5.38. The van der Waals surface area contributed by atoms with Crippen molar-refractivity contribution in [2.75, 3.05) is 37.4 Å². The second kappa shape index (κ2) is 6.37. The number of rotatable bonds is 5. The van der Waals surface area contributed by atoms with Gasteiger partial charge in [0.25, 0.3) is 0 Å². The van der Waals surface area contributed by atoms with Crippen molar-refractivity contribution in [1.82, 2.24) is 9.97 Å². The standard InChI is InChI=1S/C14H24N4O2/c1-4-20-9-12-16-11(15)8-13(17-12)18-7-5-6-14(2,10-18)19-3/h8H,4-7,9-10H2,1-3H3,(H2,15,16,17). The largest absolute Gasteiger partial charge is 0.384 e. The number of nitrogens with two attached hydrogens (primary N) is 1. The molecule has 1 aromatic heterocycles. The predicted octanol–water partition coefficient (Wildman–Crippen LogP) is 1.60. The van der Waals surface area contributed by atoms with Crippen molar-refractivity contribution in [2.45, 2.75) is 38.9 Å². The molecule has 0 saturated carbocycles. The summed E-state index contributed by atoms with van der Waals surface area (Å²) in [7, 11) is 1.76. The quantitative estimate of drug-likeness (QED) is 0.883. The van der Waals surface area contributed by atoms with Gasteiger partial charge in [-0.05, 0) is 26.7 Å².